The van der Waals surface area contributed by atoms with E-state index in [2.05, 4.69) is 22.8 Å². The second-order valence-corrected chi connectivity index (χ2v) is 7.55. The van der Waals surface area contributed by atoms with E-state index in [9.17, 15) is 9.90 Å². The van der Waals surface area contributed by atoms with Gasteiger partial charge in [-0.05, 0) is 56.2 Å². The van der Waals surface area contributed by atoms with Gasteiger partial charge in [0, 0.05) is 18.0 Å². The van der Waals surface area contributed by atoms with Crippen molar-refractivity contribution in [3.8, 4) is 5.75 Å². The number of carbonyl (C=O) groups is 1. The fourth-order valence-electron chi connectivity index (χ4n) is 4.28. The van der Waals surface area contributed by atoms with Gasteiger partial charge in [-0.3, -0.25) is 0 Å². The van der Waals surface area contributed by atoms with Gasteiger partial charge in [-0.2, -0.15) is 0 Å². The molecule has 0 saturated heterocycles. The summed E-state index contributed by atoms with van der Waals surface area (Å²) in [6.07, 6.45) is 7.65. The number of rotatable bonds is 5. The van der Waals surface area contributed by atoms with Gasteiger partial charge in [-0.25, -0.2) is 4.79 Å². The molecule has 2 saturated carbocycles. The van der Waals surface area contributed by atoms with E-state index < -0.39 is 0 Å². The van der Waals surface area contributed by atoms with Crippen LogP contribution in [0.25, 0.3) is 0 Å². The number of amides is 2. The van der Waals surface area contributed by atoms with Gasteiger partial charge in [0.05, 0.1) is 13.2 Å². The Bertz CT molecular complexity index is 576. The largest absolute Gasteiger partial charge is 0.497 e. The van der Waals surface area contributed by atoms with E-state index in [1.165, 1.54) is 18.4 Å². The molecule has 3 rings (SSSR count). The van der Waals surface area contributed by atoms with E-state index in [0.717, 1.165) is 44.3 Å². The van der Waals surface area contributed by atoms with Crippen LogP contribution in [-0.2, 0) is 5.41 Å². The van der Waals surface area contributed by atoms with Crippen LogP contribution in [0, 0.1) is 0 Å². The number of hydrogen-bond acceptors (Lipinski definition) is 3. The zero-order valence-electron chi connectivity index (χ0n) is 15.1. The molecule has 5 heteroatoms. The molecule has 0 radical (unpaired) electrons. The number of ether oxygens (including phenoxy) is 1. The molecule has 0 aromatic heterocycles. The van der Waals surface area contributed by atoms with Crippen molar-refractivity contribution in [3.63, 3.8) is 0 Å². The van der Waals surface area contributed by atoms with Gasteiger partial charge >= 0.3 is 6.03 Å². The average molecular weight is 346 g/mol. The molecule has 1 aromatic rings. The van der Waals surface area contributed by atoms with Crippen LogP contribution in [0.4, 0.5) is 4.79 Å². The maximum Gasteiger partial charge on any atom is 0.315 e. The maximum atomic E-state index is 12.3. The Labute approximate surface area is 150 Å². The Hall–Kier alpha value is -1.75. The van der Waals surface area contributed by atoms with Gasteiger partial charge in [0.1, 0.15) is 5.75 Å². The van der Waals surface area contributed by atoms with Crippen molar-refractivity contribution < 1.29 is 14.6 Å². The van der Waals surface area contributed by atoms with Gasteiger partial charge in [0.2, 0.25) is 0 Å². The van der Waals surface area contributed by atoms with Crippen LogP contribution in [0.2, 0.25) is 0 Å². The number of carbonyl (C=O) groups excluding carboxylic acids is 1. The fraction of sp³-hybridized carbons (Fsp3) is 0.650. The van der Waals surface area contributed by atoms with Crippen molar-refractivity contribution in [2.75, 3.05) is 13.7 Å². The van der Waals surface area contributed by atoms with Crippen LogP contribution in [0.3, 0.4) is 0 Å². The van der Waals surface area contributed by atoms with Crippen LogP contribution in [-0.4, -0.2) is 36.9 Å². The predicted octanol–water partition coefficient (Wildman–Crippen LogP) is 3.11. The van der Waals surface area contributed by atoms with Gasteiger partial charge in [-0.15, -0.1) is 0 Å². The summed E-state index contributed by atoms with van der Waals surface area (Å²) < 4.78 is 5.37. The quantitative estimate of drug-likeness (QED) is 0.767. The Morgan fingerprint density at radius 2 is 1.96 bits per heavy atom. The van der Waals surface area contributed by atoms with Crippen molar-refractivity contribution in [2.45, 2.75) is 68.9 Å². The monoisotopic (exact) mass is 346 g/mol. The average Bonchev–Trinajstić information content (AvgIpc) is 3.12. The van der Waals surface area contributed by atoms with Crippen LogP contribution >= 0.6 is 0 Å². The summed E-state index contributed by atoms with van der Waals surface area (Å²) in [7, 11) is 1.69. The minimum Gasteiger partial charge on any atom is -0.497 e. The number of nitrogens with one attached hydrogen (secondary N) is 2. The second-order valence-electron chi connectivity index (χ2n) is 7.55. The Morgan fingerprint density at radius 1 is 1.24 bits per heavy atom. The molecule has 3 N–H and O–H groups in total. The second kappa shape index (κ2) is 8.09. The summed E-state index contributed by atoms with van der Waals surface area (Å²) in [5, 5.41) is 15.7. The van der Waals surface area contributed by atoms with Gasteiger partial charge in [0.25, 0.3) is 0 Å². The zero-order chi connectivity index (χ0) is 17.7. The van der Waals surface area contributed by atoms with Crippen molar-refractivity contribution in [1.29, 1.82) is 0 Å². The highest BCUT2D eigenvalue weighted by molar-refractivity contribution is 5.74. The Balaban J connectivity index is 1.59. The van der Waals surface area contributed by atoms with Crippen LogP contribution in [0.1, 0.15) is 56.9 Å². The molecule has 1 aromatic carbocycles. The Kier molecular flexibility index (Phi) is 5.84. The van der Waals surface area contributed by atoms with E-state index >= 15 is 0 Å². The summed E-state index contributed by atoms with van der Waals surface area (Å²) in [5.74, 6) is 0.869. The number of methoxy groups -OCH3 is 1. The third kappa shape index (κ3) is 4.46. The van der Waals surface area contributed by atoms with Crippen molar-refractivity contribution in [1.82, 2.24) is 10.6 Å². The topological polar surface area (TPSA) is 70.6 Å². The van der Waals surface area contributed by atoms with Crippen molar-refractivity contribution in [2.24, 2.45) is 0 Å². The lowest BCUT2D eigenvalue weighted by atomic mass is 9.78. The van der Waals surface area contributed by atoms with Gasteiger partial charge in [-0.1, -0.05) is 25.0 Å². The normalized spacial score (nSPS) is 25.4. The zero-order valence-corrected chi connectivity index (χ0v) is 15.1. The Morgan fingerprint density at radius 3 is 2.64 bits per heavy atom. The highest BCUT2D eigenvalue weighted by Crippen LogP contribution is 2.41. The molecule has 2 aliphatic carbocycles. The first-order valence-corrected chi connectivity index (χ1v) is 9.48. The molecular formula is C20H30N2O3. The van der Waals surface area contributed by atoms with E-state index in [0.29, 0.717) is 6.54 Å². The first kappa shape index (κ1) is 18.1. The highest BCUT2D eigenvalue weighted by atomic mass is 16.5. The van der Waals surface area contributed by atoms with Gasteiger partial charge in [0.15, 0.2) is 0 Å². The molecule has 138 valence electrons. The number of aliphatic hydroxyl groups excluding tert-OH is 1. The molecule has 5 nitrogen and oxygen atoms in total. The number of benzene rings is 1. The molecule has 0 unspecified atom stereocenters. The number of urea groups is 1. The maximum absolute atomic E-state index is 12.3. The van der Waals surface area contributed by atoms with E-state index in [1.807, 2.05) is 12.1 Å². The van der Waals surface area contributed by atoms with E-state index in [1.54, 1.807) is 7.11 Å². The first-order valence-electron chi connectivity index (χ1n) is 9.48. The third-order valence-electron chi connectivity index (χ3n) is 5.86. The molecule has 0 spiro atoms. The van der Waals surface area contributed by atoms with E-state index in [-0.39, 0.29) is 23.6 Å². The van der Waals surface area contributed by atoms with Crippen LogP contribution < -0.4 is 15.4 Å². The molecule has 0 atom stereocenters. The van der Waals surface area contributed by atoms with Crippen LogP contribution in [0.15, 0.2) is 24.3 Å². The third-order valence-corrected chi connectivity index (χ3v) is 5.86. The standard InChI is InChI=1S/C20H30N2O3/c1-25-18-6-4-5-15(13-18)20(11-2-3-12-20)14-21-19(24)22-16-7-9-17(23)10-8-16/h4-6,13,16-17,23H,2-3,7-12,14H2,1H3,(H2,21,22,24). The lowest BCUT2D eigenvalue weighted by Crippen LogP contribution is -2.48. The van der Waals surface area contributed by atoms with Crippen molar-refractivity contribution in [3.05, 3.63) is 29.8 Å². The minimum absolute atomic E-state index is 0.00857. The number of hydrogen-bond donors (Lipinski definition) is 3. The summed E-state index contributed by atoms with van der Waals surface area (Å²) in [6.45, 7) is 0.654. The highest BCUT2D eigenvalue weighted by Gasteiger charge is 2.36. The van der Waals surface area contributed by atoms with Gasteiger partial charge < -0.3 is 20.5 Å². The molecule has 2 aliphatic rings. The fourth-order valence-corrected chi connectivity index (χ4v) is 4.28. The SMILES string of the molecule is COc1cccc(C2(CNC(=O)NC3CCC(O)CC3)CCCC2)c1. The molecule has 2 fully saturated rings. The van der Waals surface area contributed by atoms with E-state index in [4.69, 9.17) is 4.74 Å². The molecular weight excluding hydrogens is 316 g/mol. The molecule has 2 amide bonds. The predicted molar refractivity (Wildman–Crippen MR) is 97.9 cm³/mol. The summed E-state index contributed by atoms with van der Waals surface area (Å²) in [4.78, 5) is 12.3. The first-order chi connectivity index (χ1) is 12.1. The number of aliphatic hydroxyl groups is 1. The van der Waals surface area contributed by atoms with Crippen LogP contribution in [0.5, 0.6) is 5.75 Å². The molecule has 0 aliphatic heterocycles. The minimum atomic E-state index is -0.198. The summed E-state index contributed by atoms with van der Waals surface area (Å²) in [5.41, 5.74) is 1.26. The lowest BCUT2D eigenvalue weighted by molar-refractivity contribution is 0.117. The molecule has 25 heavy (non-hydrogen) atoms. The molecule has 0 heterocycles. The molecule has 0 bridgehead atoms. The smallest absolute Gasteiger partial charge is 0.315 e. The summed E-state index contributed by atoms with van der Waals surface area (Å²) >= 11 is 0. The van der Waals surface area contributed by atoms with Crippen molar-refractivity contribution >= 4 is 6.03 Å². The lowest BCUT2D eigenvalue weighted by Gasteiger charge is -2.31. The summed E-state index contributed by atoms with van der Waals surface area (Å²) in [6, 6.07) is 8.34.